The average molecular weight is 304 g/mol. The molecule has 0 heterocycles. The van der Waals surface area contributed by atoms with Crippen LogP contribution in [0.25, 0.3) is 0 Å². The van der Waals surface area contributed by atoms with E-state index in [0.29, 0.717) is 0 Å². The summed E-state index contributed by atoms with van der Waals surface area (Å²) in [7, 11) is -3.38. The van der Waals surface area contributed by atoms with Gasteiger partial charge in [-0.05, 0) is 18.1 Å². The van der Waals surface area contributed by atoms with Crippen molar-refractivity contribution in [1.82, 2.24) is 4.72 Å². The van der Waals surface area contributed by atoms with Crippen LogP contribution in [0, 0.1) is 6.92 Å². The van der Waals surface area contributed by atoms with Gasteiger partial charge < -0.3 is 5.73 Å². The highest BCUT2D eigenvalue weighted by Crippen LogP contribution is 2.10. The van der Waals surface area contributed by atoms with Gasteiger partial charge in [-0.1, -0.05) is 60.2 Å². The number of nitrogens with two attached hydrogens (primary N) is 1. The Bertz CT molecular complexity index is 684. The molecule has 0 amide bonds. The highest BCUT2D eigenvalue weighted by atomic mass is 32.2. The Hall–Kier alpha value is -1.69. The van der Waals surface area contributed by atoms with E-state index in [4.69, 9.17) is 5.73 Å². The minimum absolute atomic E-state index is 0.0316. The smallest absolute Gasteiger partial charge is 0.215 e. The van der Waals surface area contributed by atoms with E-state index < -0.39 is 10.0 Å². The summed E-state index contributed by atoms with van der Waals surface area (Å²) in [5.41, 5.74) is 8.72. The van der Waals surface area contributed by atoms with Crippen molar-refractivity contribution in [3.05, 3.63) is 71.3 Å². The number of benzene rings is 2. The summed E-state index contributed by atoms with van der Waals surface area (Å²) in [5, 5.41) is 0. The van der Waals surface area contributed by atoms with Gasteiger partial charge in [-0.3, -0.25) is 0 Å². The van der Waals surface area contributed by atoms with Crippen LogP contribution in [-0.2, 0) is 15.8 Å². The average Bonchev–Trinajstić information content (AvgIpc) is 2.45. The summed E-state index contributed by atoms with van der Waals surface area (Å²) >= 11 is 0. The molecule has 0 aliphatic heterocycles. The number of aryl methyl sites for hydroxylation is 1. The lowest BCUT2D eigenvalue weighted by atomic mass is 10.1. The van der Waals surface area contributed by atoms with Crippen LogP contribution in [-0.4, -0.2) is 15.0 Å². The zero-order valence-electron chi connectivity index (χ0n) is 12.0. The first kappa shape index (κ1) is 15.7. The molecule has 0 radical (unpaired) electrons. The van der Waals surface area contributed by atoms with E-state index in [1.807, 2.05) is 61.5 Å². The normalized spacial score (nSPS) is 13.0. The quantitative estimate of drug-likeness (QED) is 0.858. The van der Waals surface area contributed by atoms with E-state index >= 15 is 0 Å². The Morgan fingerprint density at radius 2 is 1.81 bits per heavy atom. The predicted octanol–water partition coefficient (Wildman–Crippen LogP) is 2.11. The molecule has 0 aliphatic carbocycles. The van der Waals surface area contributed by atoms with Crippen molar-refractivity contribution in [1.29, 1.82) is 0 Å². The molecule has 0 aliphatic rings. The molecule has 0 spiro atoms. The van der Waals surface area contributed by atoms with Gasteiger partial charge in [0.15, 0.2) is 0 Å². The highest BCUT2D eigenvalue weighted by molar-refractivity contribution is 7.88. The fourth-order valence-corrected chi connectivity index (χ4v) is 3.26. The van der Waals surface area contributed by atoms with E-state index in [1.165, 1.54) is 0 Å². The van der Waals surface area contributed by atoms with Crippen molar-refractivity contribution >= 4 is 10.0 Å². The Balaban J connectivity index is 1.95. The Morgan fingerprint density at radius 3 is 2.48 bits per heavy atom. The van der Waals surface area contributed by atoms with Gasteiger partial charge in [0.1, 0.15) is 0 Å². The van der Waals surface area contributed by atoms with Gasteiger partial charge >= 0.3 is 0 Å². The third-order valence-corrected chi connectivity index (χ3v) is 4.51. The molecule has 4 nitrogen and oxygen atoms in total. The second kappa shape index (κ2) is 6.85. The summed E-state index contributed by atoms with van der Waals surface area (Å²) in [5.74, 6) is -0.0316. The minimum atomic E-state index is -3.38. The molecule has 0 aromatic heterocycles. The standard InChI is InChI=1S/C16H20N2O2S/c1-13-6-5-7-14(10-13)12-21(19,20)18-11-16(17)15-8-3-2-4-9-15/h2-10,16,18H,11-12,17H2,1H3. The number of nitrogens with one attached hydrogen (secondary N) is 1. The lowest BCUT2D eigenvalue weighted by Crippen LogP contribution is -2.32. The molecule has 0 saturated carbocycles. The Labute approximate surface area is 126 Å². The van der Waals surface area contributed by atoms with Gasteiger partial charge in [0, 0.05) is 12.6 Å². The van der Waals surface area contributed by atoms with Gasteiger partial charge in [-0.25, -0.2) is 13.1 Å². The first-order chi connectivity index (χ1) is 9.96. The molecule has 2 aromatic rings. The lowest BCUT2D eigenvalue weighted by molar-refractivity contribution is 0.571. The predicted molar refractivity (Wildman–Crippen MR) is 85.2 cm³/mol. The molecular formula is C16H20N2O2S. The molecule has 1 atom stereocenters. The lowest BCUT2D eigenvalue weighted by Gasteiger charge is -2.13. The number of hydrogen-bond acceptors (Lipinski definition) is 3. The first-order valence-corrected chi connectivity index (χ1v) is 8.45. The fourth-order valence-electron chi connectivity index (χ4n) is 2.11. The van der Waals surface area contributed by atoms with Crippen molar-refractivity contribution in [2.75, 3.05) is 6.54 Å². The van der Waals surface area contributed by atoms with Crippen LogP contribution in [0.15, 0.2) is 54.6 Å². The SMILES string of the molecule is Cc1cccc(CS(=O)(=O)NCC(N)c2ccccc2)c1. The first-order valence-electron chi connectivity index (χ1n) is 6.80. The third-order valence-electron chi connectivity index (χ3n) is 3.19. The number of hydrogen-bond donors (Lipinski definition) is 2. The van der Waals surface area contributed by atoms with Crippen molar-refractivity contribution in [2.45, 2.75) is 18.7 Å². The van der Waals surface area contributed by atoms with Crippen molar-refractivity contribution in [3.8, 4) is 0 Å². The van der Waals surface area contributed by atoms with Crippen LogP contribution in [0.3, 0.4) is 0 Å². The van der Waals surface area contributed by atoms with Gasteiger partial charge in [0.2, 0.25) is 10.0 Å². The van der Waals surface area contributed by atoms with E-state index in [-0.39, 0.29) is 18.3 Å². The van der Waals surface area contributed by atoms with Crippen molar-refractivity contribution < 1.29 is 8.42 Å². The summed E-state index contributed by atoms with van der Waals surface area (Å²) in [6, 6.07) is 16.6. The third kappa shape index (κ3) is 4.97. The Morgan fingerprint density at radius 1 is 1.10 bits per heavy atom. The zero-order valence-corrected chi connectivity index (χ0v) is 12.8. The molecule has 112 valence electrons. The molecule has 0 bridgehead atoms. The second-order valence-corrected chi connectivity index (χ2v) is 6.92. The summed E-state index contributed by atoms with van der Waals surface area (Å²) in [6.07, 6.45) is 0. The maximum Gasteiger partial charge on any atom is 0.215 e. The molecule has 1 unspecified atom stereocenters. The van der Waals surface area contributed by atoms with E-state index in [9.17, 15) is 8.42 Å². The topological polar surface area (TPSA) is 72.2 Å². The van der Waals surface area contributed by atoms with E-state index in [1.54, 1.807) is 0 Å². The molecule has 0 fully saturated rings. The van der Waals surface area contributed by atoms with Gasteiger partial charge in [-0.2, -0.15) is 0 Å². The molecule has 2 rings (SSSR count). The molecule has 2 aromatic carbocycles. The molecule has 0 saturated heterocycles. The number of rotatable bonds is 6. The molecule has 21 heavy (non-hydrogen) atoms. The zero-order chi connectivity index (χ0) is 15.3. The minimum Gasteiger partial charge on any atom is -0.323 e. The van der Waals surface area contributed by atoms with E-state index in [2.05, 4.69) is 4.72 Å². The van der Waals surface area contributed by atoms with Crippen LogP contribution >= 0.6 is 0 Å². The van der Waals surface area contributed by atoms with Gasteiger partial charge in [-0.15, -0.1) is 0 Å². The van der Waals surface area contributed by atoms with Crippen molar-refractivity contribution in [3.63, 3.8) is 0 Å². The Kier molecular flexibility index (Phi) is 5.12. The van der Waals surface area contributed by atoms with Crippen LogP contribution in [0.2, 0.25) is 0 Å². The highest BCUT2D eigenvalue weighted by Gasteiger charge is 2.14. The van der Waals surface area contributed by atoms with Gasteiger partial charge in [0.05, 0.1) is 5.75 Å². The summed E-state index contributed by atoms with van der Waals surface area (Å²) in [4.78, 5) is 0. The largest absolute Gasteiger partial charge is 0.323 e. The maximum atomic E-state index is 12.1. The second-order valence-electron chi connectivity index (χ2n) is 5.11. The van der Waals surface area contributed by atoms with Crippen LogP contribution < -0.4 is 10.5 Å². The van der Waals surface area contributed by atoms with Crippen LogP contribution in [0.4, 0.5) is 0 Å². The molecule has 3 N–H and O–H groups in total. The molecule has 5 heteroatoms. The summed E-state index contributed by atoms with van der Waals surface area (Å²) < 4.78 is 26.7. The fraction of sp³-hybridized carbons (Fsp3) is 0.250. The number of sulfonamides is 1. The van der Waals surface area contributed by atoms with Crippen LogP contribution in [0.1, 0.15) is 22.7 Å². The maximum absolute atomic E-state index is 12.1. The van der Waals surface area contributed by atoms with Gasteiger partial charge in [0.25, 0.3) is 0 Å². The van der Waals surface area contributed by atoms with Crippen LogP contribution in [0.5, 0.6) is 0 Å². The summed E-state index contributed by atoms with van der Waals surface area (Å²) in [6.45, 7) is 2.13. The van der Waals surface area contributed by atoms with E-state index in [0.717, 1.165) is 16.7 Å². The van der Waals surface area contributed by atoms with Crippen molar-refractivity contribution in [2.24, 2.45) is 5.73 Å². The molecular weight excluding hydrogens is 284 g/mol. The monoisotopic (exact) mass is 304 g/mol.